The van der Waals surface area contributed by atoms with Crippen LogP contribution in [0.2, 0.25) is 0 Å². The van der Waals surface area contributed by atoms with Gasteiger partial charge in [-0.2, -0.15) is 13.2 Å². The summed E-state index contributed by atoms with van der Waals surface area (Å²) in [6, 6.07) is 9.77. The Bertz CT molecular complexity index is 1430. The molecule has 3 aromatic rings. The summed E-state index contributed by atoms with van der Waals surface area (Å²) in [5, 5.41) is 5.77. The molecular weight excluding hydrogens is 563 g/mol. The molecule has 1 saturated carbocycles. The molecule has 226 valence electrons. The van der Waals surface area contributed by atoms with E-state index in [1.165, 1.54) is 50.1 Å². The van der Waals surface area contributed by atoms with Crippen LogP contribution in [-0.2, 0) is 17.5 Å². The molecule has 2 amide bonds. The van der Waals surface area contributed by atoms with E-state index >= 15 is 0 Å². The van der Waals surface area contributed by atoms with Crippen LogP contribution < -0.4 is 20.1 Å². The molecule has 1 aliphatic carbocycles. The van der Waals surface area contributed by atoms with Gasteiger partial charge in [-0.15, -0.1) is 13.2 Å². The van der Waals surface area contributed by atoms with Crippen molar-refractivity contribution in [3.63, 3.8) is 0 Å². The molecule has 1 heterocycles. The summed E-state index contributed by atoms with van der Waals surface area (Å²) in [5.41, 5.74) is -1.21. The number of alkyl halides is 3. The molecule has 12 heteroatoms. The number of ether oxygens (including phenoxy) is 2. The lowest BCUT2D eigenvalue weighted by atomic mass is 9.70. The minimum Gasteiger partial charge on any atom is -0.497 e. The number of hydrogen-bond acceptors (Lipinski definition) is 7. The van der Waals surface area contributed by atoms with Gasteiger partial charge in [-0.05, 0) is 48.7 Å². The number of benzene rings is 2. The standard InChI is InChI=1S/C31H32F3N5O4/c1-4-12-39(13-5-2)23-15-30(16-23,38-28(40)22-18-35-20-36-19-22)29(41)37-17-21-6-8-24(9-7-21)43-27-11-10-25(42-3)14-26(27)31(32,33)34/h4-11,14,18-20,23H,1-2,12-13,15-17H2,3H3,(H,37,41)(H,38,40). The SMILES string of the molecule is C=CCN(CC=C)C1CC(NC(=O)c2cncnc2)(C(=O)NCc2ccc(Oc3ccc(OC)cc3C(F)(F)F)cc2)C1. The van der Waals surface area contributed by atoms with Crippen molar-refractivity contribution in [2.45, 2.75) is 37.1 Å². The fourth-order valence-corrected chi connectivity index (χ4v) is 4.86. The normalized spacial score (nSPS) is 17.8. The van der Waals surface area contributed by atoms with E-state index in [0.29, 0.717) is 31.5 Å². The van der Waals surface area contributed by atoms with Crippen molar-refractivity contribution < 1.29 is 32.2 Å². The lowest BCUT2D eigenvalue weighted by Crippen LogP contribution is -2.70. The van der Waals surface area contributed by atoms with Crippen molar-refractivity contribution in [3.05, 3.63) is 103 Å². The molecule has 0 bridgehead atoms. The maximum atomic E-state index is 13.5. The van der Waals surface area contributed by atoms with E-state index in [0.717, 1.165) is 6.07 Å². The highest BCUT2D eigenvalue weighted by molar-refractivity contribution is 5.99. The highest BCUT2D eigenvalue weighted by Gasteiger charge is 2.52. The Kier molecular flexibility index (Phi) is 9.81. The number of nitrogens with zero attached hydrogens (tertiary/aromatic N) is 3. The maximum Gasteiger partial charge on any atom is 0.420 e. The van der Waals surface area contributed by atoms with Gasteiger partial charge in [0.2, 0.25) is 5.91 Å². The van der Waals surface area contributed by atoms with E-state index in [4.69, 9.17) is 9.47 Å². The predicted molar refractivity (Wildman–Crippen MR) is 154 cm³/mol. The van der Waals surface area contributed by atoms with E-state index in [1.54, 1.807) is 24.3 Å². The number of methoxy groups -OCH3 is 1. The zero-order chi connectivity index (χ0) is 31.0. The molecule has 1 fully saturated rings. The van der Waals surface area contributed by atoms with Crippen LogP contribution in [0.15, 0.2) is 86.5 Å². The first kappa shape index (κ1) is 31.2. The van der Waals surface area contributed by atoms with Crippen molar-refractivity contribution in [1.82, 2.24) is 25.5 Å². The van der Waals surface area contributed by atoms with Gasteiger partial charge in [0.15, 0.2) is 0 Å². The Balaban J connectivity index is 1.44. The fraction of sp³-hybridized carbons (Fsp3) is 0.290. The summed E-state index contributed by atoms with van der Waals surface area (Å²) in [6.45, 7) is 8.91. The third-order valence-electron chi connectivity index (χ3n) is 7.12. The van der Waals surface area contributed by atoms with Crippen molar-refractivity contribution in [2.75, 3.05) is 20.2 Å². The van der Waals surface area contributed by atoms with E-state index < -0.39 is 23.2 Å². The van der Waals surface area contributed by atoms with Crippen LogP contribution in [0.25, 0.3) is 0 Å². The minimum atomic E-state index is -4.64. The quantitative estimate of drug-likeness (QED) is 0.271. The van der Waals surface area contributed by atoms with Crippen molar-refractivity contribution in [2.24, 2.45) is 0 Å². The van der Waals surface area contributed by atoms with E-state index in [9.17, 15) is 22.8 Å². The van der Waals surface area contributed by atoms with Crippen molar-refractivity contribution in [1.29, 1.82) is 0 Å². The zero-order valence-corrected chi connectivity index (χ0v) is 23.6. The lowest BCUT2D eigenvalue weighted by Gasteiger charge is -2.50. The van der Waals surface area contributed by atoms with E-state index in [2.05, 4.69) is 38.7 Å². The van der Waals surface area contributed by atoms with Gasteiger partial charge in [0, 0.05) is 38.1 Å². The van der Waals surface area contributed by atoms with Gasteiger partial charge in [-0.1, -0.05) is 24.3 Å². The van der Waals surface area contributed by atoms with Crippen LogP contribution in [0.1, 0.15) is 34.3 Å². The maximum absolute atomic E-state index is 13.5. The third kappa shape index (κ3) is 7.58. The number of nitrogens with one attached hydrogen (secondary N) is 2. The molecular formula is C31H32F3N5O4. The number of aromatic nitrogens is 2. The molecule has 0 aliphatic heterocycles. The summed E-state index contributed by atoms with van der Waals surface area (Å²) < 4.78 is 51.0. The largest absolute Gasteiger partial charge is 0.497 e. The number of rotatable bonds is 13. The molecule has 0 unspecified atom stereocenters. The Morgan fingerprint density at radius 1 is 1.05 bits per heavy atom. The van der Waals surface area contributed by atoms with Gasteiger partial charge in [0.25, 0.3) is 5.91 Å². The zero-order valence-electron chi connectivity index (χ0n) is 23.6. The van der Waals surface area contributed by atoms with Crippen LogP contribution >= 0.6 is 0 Å². The summed E-state index contributed by atoms with van der Waals surface area (Å²) in [6.07, 6.45) is 3.71. The molecule has 0 spiro atoms. The van der Waals surface area contributed by atoms with Crippen LogP contribution in [0.3, 0.4) is 0 Å². The topological polar surface area (TPSA) is 106 Å². The van der Waals surface area contributed by atoms with Gasteiger partial charge in [-0.3, -0.25) is 14.5 Å². The number of amides is 2. The molecule has 43 heavy (non-hydrogen) atoms. The molecule has 9 nitrogen and oxygen atoms in total. The second-order valence-corrected chi connectivity index (χ2v) is 10.0. The second-order valence-electron chi connectivity index (χ2n) is 10.0. The van der Waals surface area contributed by atoms with Gasteiger partial charge in [0.05, 0.1) is 12.7 Å². The first-order valence-electron chi connectivity index (χ1n) is 13.4. The highest BCUT2D eigenvalue weighted by atomic mass is 19.4. The molecule has 0 radical (unpaired) electrons. The molecule has 0 atom stereocenters. The summed E-state index contributed by atoms with van der Waals surface area (Å²) >= 11 is 0. The Morgan fingerprint density at radius 3 is 2.26 bits per heavy atom. The Morgan fingerprint density at radius 2 is 1.67 bits per heavy atom. The molecule has 1 aromatic heterocycles. The van der Waals surface area contributed by atoms with Gasteiger partial charge < -0.3 is 20.1 Å². The van der Waals surface area contributed by atoms with Gasteiger partial charge in [-0.25, -0.2) is 9.97 Å². The van der Waals surface area contributed by atoms with Gasteiger partial charge in [0.1, 0.15) is 34.7 Å². The summed E-state index contributed by atoms with van der Waals surface area (Å²) in [7, 11) is 1.28. The number of carbonyl (C=O) groups is 2. The van der Waals surface area contributed by atoms with E-state index in [1.807, 2.05) is 0 Å². The molecule has 1 aliphatic rings. The smallest absolute Gasteiger partial charge is 0.420 e. The van der Waals surface area contributed by atoms with Crippen LogP contribution in [0, 0.1) is 0 Å². The molecule has 4 rings (SSSR count). The first-order chi connectivity index (χ1) is 20.6. The predicted octanol–water partition coefficient (Wildman–Crippen LogP) is 4.92. The summed E-state index contributed by atoms with van der Waals surface area (Å²) in [4.78, 5) is 36.3. The first-order valence-corrected chi connectivity index (χ1v) is 13.4. The summed E-state index contributed by atoms with van der Waals surface area (Å²) in [5.74, 6) is -0.946. The van der Waals surface area contributed by atoms with Crippen molar-refractivity contribution >= 4 is 11.8 Å². The second kappa shape index (κ2) is 13.5. The third-order valence-corrected chi connectivity index (χ3v) is 7.12. The minimum absolute atomic E-state index is 0.0186. The number of hydrogen-bond donors (Lipinski definition) is 2. The lowest BCUT2D eigenvalue weighted by molar-refractivity contribution is -0.138. The fourth-order valence-electron chi connectivity index (χ4n) is 4.86. The van der Waals surface area contributed by atoms with Crippen LogP contribution in [-0.4, -0.2) is 58.5 Å². The molecule has 0 saturated heterocycles. The number of carbonyl (C=O) groups excluding carboxylic acids is 2. The van der Waals surface area contributed by atoms with E-state index in [-0.39, 0.29) is 41.3 Å². The average Bonchev–Trinajstić information content (AvgIpc) is 2.98. The van der Waals surface area contributed by atoms with Crippen LogP contribution in [0.5, 0.6) is 17.2 Å². The number of halogens is 3. The average molecular weight is 596 g/mol. The monoisotopic (exact) mass is 595 g/mol. The Hall–Kier alpha value is -4.71. The van der Waals surface area contributed by atoms with Gasteiger partial charge >= 0.3 is 6.18 Å². The Labute approximate surface area is 247 Å². The molecule has 2 N–H and O–H groups in total. The highest BCUT2D eigenvalue weighted by Crippen LogP contribution is 2.40. The van der Waals surface area contributed by atoms with Crippen molar-refractivity contribution in [3.8, 4) is 17.2 Å². The molecule has 2 aromatic carbocycles. The van der Waals surface area contributed by atoms with Crippen LogP contribution in [0.4, 0.5) is 13.2 Å².